The minimum atomic E-state index is -0.174. The monoisotopic (exact) mass is 295 g/mol. The van der Waals surface area contributed by atoms with Crippen molar-refractivity contribution in [3.05, 3.63) is 65.7 Å². The van der Waals surface area contributed by atoms with Crippen molar-refractivity contribution in [3.63, 3.8) is 0 Å². The van der Waals surface area contributed by atoms with Gasteiger partial charge in [0.05, 0.1) is 12.6 Å². The van der Waals surface area contributed by atoms with Crippen LogP contribution in [0.5, 0.6) is 5.75 Å². The molecule has 0 radical (unpaired) electrons. The molecule has 0 atom stereocenters. The number of carbonyl (C=O) groups excluding carboxylic acids is 1. The van der Waals surface area contributed by atoms with E-state index in [0.29, 0.717) is 12.2 Å². The van der Waals surface area contributed by atoms with E-state index in [-0.39, 0.29) is 5.91 Å². The fourth-order valence-corrected chi connectivity index (χ4v) is 2.37. The Morgan fingerprint density at radius 3 is 2.73 bits per heavy atom. The van der Waals surface area contributed by atoms with Crippen molar-refractivity contribution < 1.29 is 9.53 Å². The maximum Gasteiger partial charge on any atom is 0.272 e. The molecule has 0 saturated carbocycles. The van der Waals surface area contributed by atoms with Gasteiger partial charge >= 0.3 is 0 Å². The number of pyridine rings is 1. The number of nitrogens with zero attached hydrogens (tertiary/aromatic N) is 2. The molecule has 112 valence electrons. The van der Waals surface area contributed by atoms with E-state index in [1.807, 2.05) is 60.0 Å². The van der Waals surface area contributed by atoms with Crippen LogP contribution in [0.3, 0.4) is 0 Å². The molecule has 5 heteroatoms. The van der Waals surface area contributed by atoms with Crippen LogP contribution >= 0.6 is 0 Å². The summed E-state index contributed by atoms with van der Waals surface area (Å²) in [6.45, 7) is 2.33. The van der Waals surface area contributed by atoms with Gasteiger partial charge in [-0.1, -0.05) is 18.2 Å². The fourth-order valence-electron chi connectivity index (χ4n) is 2.37. The van der Waals surface area contributed by atoms with E-state index in [4.69, 9.17) is 4.74 Å². The van der Waals surface area contributed by atoms with Gasteiger partial charge in [-0.15, -0.1) is 0 Å². The van der Waals surface area contributed by atoms with Gasteiger partial charge in [-0.25, -0.2) is 4.98 Å². The number of amides is 1. The molecule has 0 saturated heterocycles. The number of carbonyl (C=O) groups is 1. The number of rotatable bonds is 4. The van der Waals surface area contributed by atoms with E-state index < -0.39 is 0 Å². The molecular weight excluding hydrogens is 278 g/mol. The average Bonchev–Trinajstić information content (AvgIpc) is 2.91. The molecule has 2 aromatic heterocycles. The predicted octanol–water partition coefficient (Wildman–Crippen LogP) is 2.58. The molecule has 0 aliphatic rings. The Labute approximate surface area is 128 Å². The third-order valence-corrected chi connectivity index (χ3v) is 3.55. The lowest BCUT2D eigenvalue weighted by atomic mass is 10.2. The van der Waals surface area contributed by atoms with Gasteiger partial charge < -0.3 is 14.5 Å². The van der Waals surface area contributed by atoms with Crippen LogP contribution in [0.15, 0.2) is 48.7 Å². The number of aromatic nitrogens is 2. The first-order chi connectivity index (χ1) is 10.7. The van der Waals surface area contributed by atoms with Crippen LogP contribution in [0.2, 0.25) is 0 Å². The normalized spacial score (nSPS) is 10.6. The summed E-state index contributed by atoms with van der Waals surface area (Å²) in [5, 5.41) is 2.90. The molecule has 3 rings (SSSR count). The van der Waals surface area contributed by atoms with E-state index in [9.17, 15) is 4.79 Å². The van der Waals surface area contributed by atoms with Gasteiger partial charge in [0.1, 0.15) is 11.6 Å². The van der Waals surface area contributed by atoms with Gasteiger partial charge in [-0.2, -0.15) is 0 Å². The number of fused-ring (bicyclic) bond motifs is 1. The minimum Gasteiger partial charge on any atom is -0.497 e. The molecular formula is C17H17N3O2. The number of methoxy groups -OCH3 is 1. The third kappa shape index (κ3) is 2.65. The SMILES string of the molecule is COc1ccc(CNC(=O)c2nc(C)n3ccccc23)cc1. The molecule has 0 fully saturated rings. The topological polar surface area (TPSA) is 55.6 Å². The largest absolute Gasteiger partial charge is 0.497 e. The number of aryl methyl sites for hydroxylation is 1. The van der Waals surface area contributed by atoms with Crippen molar-refractivity contribution in [2.45, 2.75) is 13.5 Å². The Morgan fingerprint density at radius 1 is 1.23 bits per heavy atom. The number of nitrogens with one attached hydrogen (secondary N) is 1. The van der Waals surface area contributed by atoms with Crippen LogP contribution in [0.25, 0.3) is 5.52 Å². The number of benzene rings is 1. The smallest absolute Gasteiger partial charge is 0.272 e. The molecule has 1 amide bonds. The van der Waals surface area contributed by atoms with E-state index >= 15 is 0 Å². The quantitative estimate of drug-likeness (QED) is 0.805. The first-order valence-corrected chi connectivity index (χ1v) is 7.04. The van der Waals surface area contributed by atoms with Crippen LogP contribution in [0.1, 0.15) is 21.9 Å². The zero-order valence-corrected chi connectivity index (χ0v) is 12.5. The molecule has 0 unspecified atom stereocenters. The van der Waals surface area contributed by atoms with Crippen molar-refractivity contribution in [2.24, 2.45) is 0 Å². The second kappa shape index (κ2) is 5.89. The van der Waals surface area contributed by atoms with Gasteiger partial charge in [0.15, 0.2) is 5.69 Å². The van der Waals surface area contributed by atoms with Crippen molar-refractivity contribution in [3.8, 4) is 5.75 Å². The molecule has 0 aliphatic carbocycles. The van der Waals surface area contributed by atoms with Gasteiger partial charge in [0.2, 0.25) is 0 Å². The average molecular weight is 295 g/mol. The highest BCUT2D eigenvalue weighted by atomic mass is 16.5. The molecule has 0 aliphatic heterocycles. The summed E-state index contributed by atoms with van der Waals surface area (Å²) in [7, 11) is 1.63. The third-order valence-electron chi connectivity index (χ3n) is 3.55. The molecule has 0 spiro atoms. The van der Waals surface area contributed by atoms with E-state index in [0.717, 1.165) is 22.7 Å². The first kappa shape index (κ1) is 14.1. The lowest BCUT2D eigenvalue weighted by molar-refractivity contribution is 0.0948. The number of imidazole rings is 1. The summed E-state index contributed by atoms with van der Waals surface area (Å²) >= 11 is 0. The molecule has 22 heavy (non-hydrogen) atoms. The highest BCUT2D eigenvalue weighted by molar-refractivity contribution is 5.99. The summed E-state index contributed by atoms with van der Waals surface area (Å²) in [4.78, 5) is 16.7. The number of hydrogen-bond acceptors (Lipinski definition) is 3. The Bertz CT molecular complexity index is 806. The summed E-state index contributed by atoms with van der Waals surface area (Å²) in [5.41, 5.74) is 2.27. The Balaban J connectivity index is 1.75. The lowest BCUT2D eigenvalue weighted by Crippen LogP contribution is -2.23. The fraction of sp³-hybridized carbons (Fsp3) is 0.176. The zero-order valence-electron chi connectivity index (χ0n) is 12.5. The van der Waals surface area contributed by atoms with Crippen molar-refractivity contribution in [1.82, 2.24) is 14.7 Å². The highest BCUT2D eigenvalue weighted by Crippen LogP contribution is 2.14. The summed E-state index contributed by atoms with van der Waals surface area (Å²) in [6, 6.07) is 13.3. The van der Waals surface area contributed by atoms with Gasteiger partial charge in [0.25, 0.3) is 5.91 Å². The predicted molar refractivity (Wildman–Crippen MR) is 84.1 cm³/mol. The standard InChI is InChI=1S/C17H17N3O2/c1-12-19-16(15-5-3-4-10-20(12)15)17(21)18-11-13-6-8-14(22-2)9-7-13/h3-10H,11H2,1-2H3,(H,18,21). The maximum atomic E-state index is 12.4. The van der Waals surface area contributed by atoms with Gasteiger partial charge in [-0.3, -0.25) is 4.79 Å². The lowest BCUT2D eigenvalue weighted by Gasteiger charge is -2.05. The molecule has 1 aromatic carbocycles. The zero-order chi connectivity index (χ0) is 15.5. The highest BCUT2D eigenvalue weighted by Gasteiger charge is 2.14. The Morgan fingerprint density at radius 2 is 2.00 bits per heavy atom. The summed E-state index contributed by atoms with van der Waals surface area (Å²) in [6.07, 6.45) is 1.90. The second-order valence-electron chi connectivity index (χ2n) is 4.99. The van der Waals surface area contributed by atoms with Gasteiger partial charge in [0, 0.05) is 12.7 Å². The van der Waals surface area contributed by atoms with Crippen LogP contribution in [-0.2, 0) is 6.54 Å². The van der Waals surface area contributed by atoms with Crippen LogP contribution in [-0.4, -0.2) is 22.4 Å². The number of hydrogen-bond donors (Lipinski definition) is 1. The Kier molecular flexibility index (Phi) is 3.78. The van der Waals surface area contributed by atoms with Crippen LogP contribution in [0.4, 0.5) is 0 Å². The summed E-state index contributed by atoms with van der Waals surface area (Å²) in [5.74, 6) is 1.42. The van der Waals surface area contributed by atoms with Crippen molar-refractivity contribution in [1.29, 1.82) is 0 Å². The van der Waals surface area contributed by atoms with Crippen molar-refractivity contribution >= 4 is 11.4 Å². The number of ether oxygens (including phenoxy) is 1. The molecule has 0 bridgehead atoms. The first-order valence-electron chi connectivity index (χ1n) is 7.04. The molecule has 3 aromatic rings. The molecule has 5 nitrogen and oxygen atoms in total. The van der Waals surface area contributed by atoms with E-state index in [2.05, 4.69) is 10.3 Å². The van der Waals surface area contributed by atoms with E-state index in [1.54, 1.807) is 7.11 Å². The molecule has 2 heterocycles. The molecule has 1 N–H and O–H groups in total. The summed E-state index contributed by atoms with van der Waals surface area (Å²) < 4.78 is 7.02. The maximum absolute atomic E-state index is 12.4. The Hall–Kier alpha value is -2.82. The van der Waals surface area contributed by atoms with Crippen LogP contribution < -0.4 is 10.1 Å². The second-order valence-corrected chi connectivity index (χ2v) is 4.99. The minimum absolute atomic E-state index is 0.174. The van der Waals surface area contributed by atoms with Gasteiger partial charge in [-0.05, 0) is 36.8 Å². The van der Waals surface area contributed by atoms with E-state index in [1.165, 1.54) is 0 Å². The van der Waals surface area contributed by atoms with Crippen LogP contribution in [0, 0.1) is 6.92 Å². The van der Waals surface area contributed by atoms with Crippen molar-refractivity contribution in [2.75, 3.05) is 7.11 Å².